The highest BCUT2D eigenvalue weighted by Crippen LogP contribution is 2.02. The molecule has 0 aliphatic rings. The largest absolute Gasteiger partial charge is 0.480 e. The van der Waals surface area contributed by atoms with Crippen molar-refractivity contribution in [1.82, 2.24) is 4.72 Å². The van der Waals surface area contributed by atoms with E-state index in [4.69, 9.17) is 5.11 Å². The van der Waals surface area contributed by atoms with Gasteiger partial charge in [0, 0.05) is 6.54 Å². The maximum atomic E-state index is 11.3. The number of carbonyl (C=O) groups is 1. The molecule has 0 saturated heterocycles. The summed E-state index contributed by atoms with van der Waals surface area (Å²) < 4.78 is 24.7. The summed E-state index contributed by atoms with van der Waals surface area (Å²) in [6.45, 7) is 4.38. The number of hydrogen-bond acceptors (Lipinski definition) is 4. The van der Waals surface area contributed by atoms with Crippen molar-refractivity contribution in [2.24, 2.45) is 5.92 Å². The Morgan fingerprint density at radius 1 is 1.33 bits per heavy atom. The fourth-order valence-electron chi connectivity index (χ4n) is 0.695. The number of carboxylic acid groups (broad SMARTS) is 1. The molecule has 0 aliphatic carbocycles. The molecule has 0 fully saturated rings. The molecule has 0 aliphatic heterocycles. The Bertz CT molecular complexity index is 311. The van der Waals surface area contributed by atoms with E-state index in [1.54, 1.807) is 13.8 Å². The molecule has 2 unspecified atom stereocenters. The van der Waals surface area contributed by atoms with Crippen LogP contribution in [0, 0.1) is 5.92 Å². The van der Waals surface area contributed by atoms with Crippen molar-refractivity contribution in [1.29, 1.82) is 0 Å². The molecule has 0 aromatic carbocycles. The standard InChI is InChI=1S/C8H17NO5S/c1-5(2)7(10)4-9-15(13,14)6(3)8(11)12/h5-7,9-10H,4H2,1-3H3,(H,11,12). The minimum absolute atomic E-state index is 0.0900. The zero-order chi connectivity index (χ0) is 12.2. The summed E-state index contributed by atoms with van der Waals surface area (Å²) in [6.07, 6.45) is -0.819. The highest BCUT2D eigenvalue weighted by Gasteiger charge is 2.27. The number of hydrogen-bond donors (Lipinski definition) is 3. The first kappa shape index (κ1) is 14.3. The van der Waals surface area contributed by atoms with Gasteiger partial charge in [0.25, 0.3) is 0 Å². The van der Waals surface area contributed by atoms with E-state index < -0.39 is 27.3 Å². The number of nitrogens with one attached hydrogen (secondary N) is 1. The third-order valence-electron chi connectivity index (χ3n) is 2.08. The quantitative estimate of drug-likeness (QED) is 0.574. The summed E-state index contributed by atoms with van der Waals surface area (Å²) in [4.78, 5) is 10.4. The molecule has 90 valence electrons. The number of sulfonamides is 1. The number of aliphatic hydroxyl groups is 1. The molecule has 15 heavy (non-hydrogen) atoms. The first-order valence-electron chi connectivity index (χ1n) is 4.57. The average molecular weight is 239 g/mol. The van der Waals surface area contributed by atoms with E-state index in [-0.39, 0.29) is 12.5 Å². The van der Waals surface area contributed by atoms with Gasteiger partial charge in [-0.25, -0.2) is 13.1 Å². The third-order valence-corrected chi connectivity index (χ3v) is 3.78. The Hall–Kier alpha value is -0.660. The van der Waals surface area contributed by atoms with Gasteiger partial charge in [-0.15, -0.1) is 0 Å². The topological polar surface area (TPSA) is 104 Å². The average Bonchev–Trinajstić information content (AvgIpc) is 2.12. The molecule has 6 nitrogen and oxygen atoms in total. The van der Waals surface area contributed by atoms with Crippen LogP contribution in [0.3, 0.4) is 0 Å². The monoisotopic (exact) mass is 239 g/mol. The minimum atomic E-state index is -3.90. The predicted octanol–water partition coefficient (Wildman–Crippen LogP) is -0.604. The summed E-state index contributed by atoms with van der Waals surface area (Å²) in [7, 11) is -3.90. The summed E-state index contributed by atoms with van der Waals surface area (Å²) in [5.74, 6) is -1.51. The van der Waals surface area contributed by atoms with Crippen LogP contribution in [0.4, 0.5) is 0 Å². The lowest BCUT2D eigenvalue weighted by Crippen LogP contribution is -2.42. The van der Waals surface area contributed by atoms with Crippen LogP contribution < -0.4 is 4.72 Å². The molecule has 0 amide bonds. The van der Waals surface area contributed by atoms with Crippen molar-refractivity contribution in [2.45, 2.75) is 32.1 Å². The van der Waals surface area contributed by atoms with Gasteiger partial charge >= 0.3 is 5.97 Å². The van der Waals surface area contributed by atoms with E-state index >= 15 is 0 Å². The zero-order valence-electron chi connectivity index (χ0n) is 8.97. The van der Waals surface area contributed by atoms with Crippen molar-refractivity contribution in [2.75, 3.05) is 6.54 Å². The highest BCUT2D eigenvalue weighted by molar-refractivity contribution is 7.90. The highest BCUT2D eigenvalue weighted by atomic mass is 32.2. The number of aliphatic hydroxyl groups excluding tert-OH is 1. The molecule has 0 rings (SSSR count). The lowest BCUT2D eigenvalue weighted by atomic mass is 10.1. The van der Waals surface area contributed by atoms with Crippen LogP contribution in [0.1, 0.15) is 20.8 Å². The lowest BCUT2D eigenvalue weighted by molar-refractivity contribution is -0.136. The molecular weight excluding hydrogens is 222 g/mol. The summed E-state index contributed by atoms with van der Waals surface area (Å²) in [6, 6.07) is 0. The number of carboxylic acids is 1. The van der Waals surface area contributed by atoms with Crippen LogP contribution in [-0.2, 0) is 14.8 Å². The van der Waals surface area contributed by atoms with E-state index in [1.165, 1.54) is 0 Å². The second-order valence-corrected chi connectivity index (χ2v) is 5.77. The molecule has 0 aromatic heterocycles. The zero-order valence-corrected chi connectivity index (χ0v) is 9.78. The fourth-order valence-corrected chi connectivity index (χ4v) is 1.61. The molecule has 0 heterocycles. The van der Waals surface area contributed by atoms with Gasteiger partial charge in [-0.05, 0) is 12.8 Å². The molecule has 0 saturated carbocycles. The molecular formula is C8H17NO5S. The summed E-state index contributed by atoms with van der Waals surface area (Å²) in [5.41, 5.74) is 0. The van der Waals surface area contributed by atoms with Gasteiger partial charge in [-0.1, -0.05) is 13.8 Å². The van der Waals surface area contributed by atoms with E-state index in [0.717, 1.165) is 6.92 Å². The maximum Gasteiger partial charge on any atom is 0.323 e. The van der Waals surface area contributed by atoms with Crippen molar-refractivity contribution in [3.8, 4) is 0 Å². The molecule has 0 spiro atoms. The Morgan fingerprint density at radius 3 is 2.13 bits per heavy atom. The molecule has 7 heteroatoms. The first-order chi connectivity index (χ1) is 6.68. The van der Waals surface area contributed by atoms with Crippen molar-refractivity contribution < 1.29 is 23.4 Å². The van der Waals surface area contributed by atoms with Gasteiger partial charge in [0.2, 0.25) is 10.0 Å². The molecule has 0 radical (unpaired) electrons. The molecule has 0 bridgehead atoms. The summed E-state index contributed by atoms with van der Waals surface area (Å²) >= 11 is 0. The Morgan fingerprint density at radius 2 is 1.80 bits per heavy atom. The van der Waals surface area contributed by atoms with Crippen LogP contribution in [0.5, 0.6) is 0 Å². The van der Waals surface area contributed by atoms with Crippen molar-refractivity contribution >= 4 is 16.0 Å². The van der Waals surface area contributed by atoms with Crippen LogP contribution in [-0.4, -0.2) is 42.5 Å². The van der Waals surface area contributed by atoms with E-state index in [0.29, 0.717) is 0 Å². The van der Waals surface area contributed by atoms with Gasteiger partial charge < -0.3 is 10.2 Å². The summed E-state index contributed by atoms with van der Waals surface area (Å²) in [5, 5.41) is 16.3. The SMILES string of the molecule is CC(C)C(O)CNS(=O)(=O)C(C)C(=O)O. The third kappa shape index (κ3) is 4.59. The van der Waals surface area contributed by atoms with Gasteiger partial charge in [-0.2, -0.15) is 0 Å². The van der Waals surface area contributed by atoms with Crippen LogP contribution in [0.15, 0.2) is 0 Å². The van der Waals surface area contributed by atoms with Crippen molar-refractivity contribution in [3.63, 3.8) is 0 Å². The maximum absolute atomic E-state index is 11.3. The van der Waals surface area contributed by atoms with Gasteiger partial charge in [-0.3, -0.25) is 4.79 Å². The van der Waals surface area contributed by atoms with E-state index in [1.807, 2.05) is 0 Å². The number of rotatable bonds is 6. The van der Waals surface area contributed by atoms with E-state index in [2.05, 4.69) is 4.72 Å². The lowest BCUT2D eigenvalue weighted by Gasteiger charge is -2.16. The first-order valence-corrected chi connectivity index (χ1v) is 6.12. The van der Waals surface area contributed by atoms with Crippen LogP contribution >= 0.6 is 0 Å². The molecule has 2 atom stereocenters. The molecule has 3 N–H and O–H groups in total. The van der Waals surface area contributed by atoms with Crippen molar-refractivity contribution in [3.05, 3.63) is 0 Å². The van der Waals surface area contributed by atoms with Gasteiger partial charge in [0.15, 0.2) is 5.25 Å². The smallest absolute Gasteiger partial charge is 0.323 e. The molecule has 0 aromatic rings. The van der Waals surface area contributed by atoms with Crippen LogP contribution in [0.25, 0.3) is 0 Å². The Balaban J connectivity index is 4.35. The second-order valence-electron chi connectivity index (χ2n) is 3.69. The number of aliphatic carboxylic acids is 1. The second kappa shape index (κ2) is 5.43. The minimum Gasteiger partial charge on any atom is -0.480 e. The van der Waals surface area contributed by atoms with Gasteiger partial charge in [0.1, 0.15) is 0 Å². The Kier molecular flexibility index (Phi) is 5.19. The van der Waals surface area contributed by atoms with E-state index in [9.17, 15) is 18.3 Å². The predicted molar refractivity (Wildman–Crippen MR) is 54.9 cm³/mol. The fraction of sp³-hybridized carbons (Fsp3) is 0.875. The normalized spacial score (nSPS) is 16.3. The van der Waals surface area contributed by atoms with Crippen LogP contribution in [0.2, 0.25) is 0 Å². The Labute approximate surface area is 89.4 Å². The van der Waals surface area contributed by atoms with Gasteiger partial charge in [0.05, 0.1) is 6.10 Å².